The zero-order chi connectivity index (χ0) is 23.7. The largest absolute Gasteiger partial charge is 0.493 e. The van der Waals surface area contributed by atoms with Gasteiger partial charge in [0.15, 0.2) is 17.3 Å². The Bertz CT molecular complexity index is 1370. The van der Waals surface area contributed by atoms with Gasteiger partial charge in [0.2, 0.25) is 4.77 Å². The van der Waals surface area contributed by atoms with Crippen LogP contribution in [0.25, 0.3) is 17.1 Å². The number of nitrogens with zero attached hydrogens (tertiary/aromatic N) is 4. The highest BCUT2D eigenvalue weighted by Gasteiger charge is 2.22. The topological polar surface area (TPSA) is 44.5 Å². The molecule has 0 atom stereocenters. The molecule has 6 nitrogen and oxygen atoms in total. The summed E-state index contributed by atoms with van der Waals surface area (Å²) in [6, 6.07) is 21.9. The van der Waals surface area contributed by atoms with E-state index in [-0.39, 0.29) is 0 Å². The number of halogens is 1. The SMILES string of the molecule is COc1cc2c(cc1OC)CN(Cn1nc(-c3ccccc3)n(-c3ccc(Cl)cc3)c1=S)CC2. The van der Waals surface area contributed by atoms with Gasteiger partial charge >= 0.3 is 0 Å². The second-order valence-corrected chi connectivity index (χ2v) is 9.01. The van der Waals surface area contributed by atoms with Gasteiger partial charge in [-0.25, -0.2) is 4.68 Å². The van der Waals surface area contributed by atoms with Gasteiger partial charge in [0.25, 0.3) is 0 Å². The maximum Gasteiger partial charge on any atom is 0.204 e. The van der Waals surface area contributed by atoms with Crippen LogP contribution in [0.5, 0.6) is 11.5 Å². The summed E-state index contributed by atoms with van der Waals surface area (Å²) in [6.45, 7) is 2.28. The first kappa shape index (κ1) is 22.7. The van der Waals surface area contributed by atoms with E-state index in [0.717, 1.165) is 48.1 Å². The summed E-state index contributed by atoms with van der Waals surface area (Å²) in [5.74, 6) is 2.32. The van der Waals surface area contributed by atoms with Gasteiger partial charge in [-0.1, -0.05) is 41.9 Å². The number of rotatable bonds is 6. The van der Waals surface area contributed by atoms with E-state index in [1.54, 1.807) is 14.2 Å². The Kier molecular flexibility index (Phi) is 6.41. The third-order valence-corrected chi connectivity index (χ3v) is 6.73. The molecule has 2 heterocycles. The van der Waals surface area contributed by atoms with Crippen molar-refractivity contribution < 1.29 is 9.47 Å². The lowest BCUT2D eigenvalue weighted by Gasteiger charge is -2.29. The predicted octanol–water partition coefficient (Wildman–Crippen LogP) is 5.76. The number of fused-ring (bicyclic) bond motifs is 1. The fraction of sp³-hybridized carbons (Fsp3) is 0.231. The standard InChI is InChI=1S/C26H25ClN4O2S/c1-32-23-14-19-12-13-29(16-20(19)15-24(23)33-2)17-30-26(34)31(22-10-8-21(27)9-11-22)25(28-30)18-6-4-3-5-7-18/h3-11,14-15H,12-13,16-17H2,1-2H3. The molecule has 0 N–H and O–H groups in total. The molecule has 1 aromatic heterocycles. The van der Waals surface area contributed by atoms with E-state index in [4.69, 9.17) is 38.4 Å². The van der Waals surface area contributed by atoms with Gasteiger partial charge in [0.1, 0.15) is 0 Å². The van der Waals surface area contributed by atoms with Crippen molar-refractivity contribution in [3.8, 4) is 28.6 Å². The minimum Gasteiger partial charge on any atom is -0.493 e. The smallest absolute Gasteiger partial charge is 0.204 e. The van der Waals surface area contributed by atoms with Crippen LogP contribution in [0.3, 0.4) is 0 Å². The Morgan fingerprint density at radius 2 is 1.62 bits per heavy atom. The van der Waals surface area contributed by atoms with Crippen LogP contribution in [0, 0.1) is 4.77 Å². The van der Waals surface area contributed by atoms with Gasteiger partial charge in [-0.15, -0.1) is 5.10 Å². The number of methoxy groups -OCH3 is 2. The molecule has 0 amide bonds. The van der Waals surface area contributed by atoms with Crippen molar-refractivity contribution in [2.45, 2.75) is 19.6 Å². The van der Waals surface area contributed by atoms with Crippen LogP contribution in [-0.2, 0) is 19.6 Å². The molecule has 0 saturated carbocycles. The molecule has 4 aromatic rings. The molecule has 0 bridgehead atoms. The summed E-state index contributed by atoms with van der Waals surface area (Å²) in [7, 11) is 3.33. The van der Waals surface area contributed by atoms with E-state index in [9.17, 15) is 0 Å². The summed E-state index contributed by atoms with van der Waals surface area (Å²) in [4.78, 5) is 2.35. The fourth-order valence-corrected chi connectivity index (χ4v) is 4.77. The molecule has 5 rings (SSSR count). The van der Waals surface area contributed by atoms with Crippen LogP contribution in [0.4, 0.5) is 0 Å². The van der Waals surface area contributed by atoms with Crippen molar-refractivity contribution in [3.05, 3.63) is 87.7 Å². The Labute approximate surface area is 208 Å². The third kappa shape index (κ3) is 4.34. The Balaban J connectivity index is 1.49. The summed E-state index contributed by atoms with van der Waals surface area (Å²) in [6.07, 6.45) is 0.923. The molecule has 0 radical (unpaired) electrons. The van der Waals surface area contributed by atoms with E-state index in [2.05, 4.69) is 17.0 Å². The van der Waals surface area contributed by atoms with Gasteiger partial charge in [-0.3, -0.25) is 9.47 Å². The van der Waals surface area contributed by atoms with Gasteiger partial charge in [0, 0.05) is 23.7 Å². The highest BCUT2D eigenvalue weighted by Crippen LogP contribution is 2.33. The minimum atomic E-state index is 0.590. The highest BCUT2D eigenvalue weighted by atomic mass is 35.5. The maximum absolute atomic E-state index is 6.13. The lowest BCUT2D eigenvalue weighted by Crippen LogP contribution is -2.32. The minimum absolute atomic E-state index is 0.590. The molecule has 0 spiro atoms. The molecule has 34 heavy (non-hydrogen) atoms. The third-order valence-electron chi connectivity index (χ3n) is 6.09. The number of hydrogen-bond donors (Lipinski definition) is 0. The van der Waals surface area contributed by atoms with Gasteiger partial charge < -0.3 is 9.47 Å². The van der Waals surface area contributed by atoms with Crippen molar-refractivity contribution in [1.29, 1.82) is 0 Å². The molecule has 3 aromatic carbocycles. The quantitative estimate of drug-likeness (QED) is 0.320. The average molecular weight is 493 g/mol. The molecule has 0 aliphatic carbocycles. The zero-order valence-electron chi connectivity index (χ0n) is 19.1. The normalized spacial score (nSPS) is 13.5. The van der Waals surface area contributed by atoms with Gasteiger partial charge in [-0.05, 0) is 66.2 Å². The van der Waals surface area contributed by atoms with Crippen LogP contribution >= 0.6 is 23.8 Å². The van der Waals surface area contributed by atoms with Crippen molar-refractivity contribution in [2.75, 3.05) is 20.8 Å². The van der Waals surface area contributed by atoms with E-state index < -0.39 is 0 Å². The Morgan fingerprint density at radius 3 is 2.29 bits per heavy atom. The highest BCUT2D eigenvalue weighted by molar-refractivity contribution is 7.71. The van der Waals surface area contributed by atoms with Crippen molar-refractivity contribution in [1.82, 2.24) is 19.2 Å². The summed E-state index contributed by atoms with van der Waals surface area (Å²) >= 11 is 12.0. The lowest BCUT2D eigenvalue weighted by atomic mass is 9.99. The molecule has 8 heteroatoms. The predicted molar refractivity (Wildman–Crippen MR) is 136 cm³/mol. The van der Waals surface area contributed by atoms with Crippen LogP contribution in [0.1, 0.15) is 11.1 Å². The fourth-order valence-electron chi connectivity index (χ4n) is 4.35. The van der Waals surface area contributed by atoms with Crippen molar-refractivity contribution in [3.63, 3.8) is 0 Å². The number of hydrogen-bond acceptors (Lipinski definition) is 5. The first-order valence-corrected chi connectivity index (χ1v) is 11.8. The second kappa shape index (κ2) is 9.62. The second-order valence-electron chi connectivity index (χ2n) is 8.20. The average Bonchev–Trinajstić information content (AvgIpc) is 3.19. The summed E-state index contributed by atoms with van der Waals surface area (Å²) < 4.78 is 15.5. The molecule has 0 fully saturated rings. The van der Waals surface area contributed by atoms with E-state index in [0.29, 0.717) is 16.5 Å². The van der Waals surface area contributed by atoms with Crippen molar-refractivity contribution >= 4 is 23.8 Å². The molecular weight excluding hydrogens is 468 g/mol. The summed E-state index contributed by atoms with van der Waals surface area (Å²) in [5, 5.41) is 5.63. The Hall–Kier alpha value is -3.13. The lowest BCUT2D eigenvalue weighted by molar-refractivity contribution is 0.187. The van der Waals surface area contributed by atoms with E-state index in [1.807, 2.05) is 63.8 Å². The zero-order valence-corrected chi connectivity index (χ0v) is 20.6. The number of ether oxygens (including phenoxy) is 2. The van der Waals surface area contributed by atoms with Gasteiger partial charge in [-0.2, -0.15) is 0 Å². The van der Waals surface area contributed by atoms with Crippen LogP contribution in [-0.4, -0.2) is 40.0 Å². The van der Waals surface area contributed by atoms with Gasteiger partial charge in [0.05, 0.1) is 26.6 Å². The molecule has 174 valence electrons. The first-order chi connectivity index (χ1) is 16.6. The van der Waals surface area contributed by atoms with Crippen LogP contribution in [0.2, 0.25) is 5.02 Å². The molecule has 1 aliphatic rings. The van der Waals surface area contributed by atoms with Crippen molar-refractivity contribution in [2.24, 2.45) is 0 Å². The van der Waals surface area contributed by atoms with E-state index >= 15 is 0 Å². The number of aromatic nitrogens is 3. The monoisotopic (exact) mass is 492 g/mol. The molecular formula is C26H25ClN4O2S. The van der Waals surface area contributed by atoms with Crippen LogP contribution < -0.4 is 9.47 Å². The van der Waals surface area contributed by atoms with E-state index in [1.165, 1.54) is 11.1 Å². The molecule has 1 aliphatic heterocycles. The Morgan fingerprint density at radius 1 is 0.941 bits per heavy atom. The van der Waals surface area contributed by atoms with Crippen LogP contribution in [0.15, 0.2) is 66.7 Å². The maximum atomic E-state index is 6.13. The molecule has 0 unspecified atom stereocenters. The number of benzene rings is 3. The summed E-state index contributed by atoms with van der Waals surface area (Å²) in [5.41, 5.74) is 4.45. The molecule has 0 saturated heterocycles. The first-order valence-electron chi connectivity index (χ1n) is 11.0.